The first-order chi connectivity index (χ1) is 9.08. The maximum Gasteiger partial charge on any atom is 0.258 e. The van der Waals surface area contributed by atoms with E-state index in [0.29, 0.717) is 11.3 Å². The molecule has 1 aromatic rings. The normalized spacial score (nSPS) is 11.7. The van der Waals surface area contributed by atoms with Crippen LogP contribution in [0.25, 0.3) is 0 Å². The van der Waals surface area contributed by atoms with Crippen molar-refractivity contribution in [1.82, 2.24) is 5.32 Å². The molecule has 0 bridgehead atoms. The van der Waals surface area contributed by atoms with Gasteiger partial charge < -0.3 is 10.1 Å². The van der Waals surface area contributed by atoms with E-state index in [1.54, 1.807) is 12.1 Å². The Morgan fingerprint density at radius 3 is 2.84 bits per heavy atom. The SMILES string of the molecule is CCCC(C)NC(=O)COc1c(C)cccc1C=O. The van der Waals surface area contributed by atoms with Crippen molar-refractivity contribution in [2.45, 2.75) is 39.7 Å². The maximum absolute atomic E-state index is 11.7. The Morgan fingerprint density at radius 2 is 2.21 bits per heavy atom. The number of hydrogen-bond acceptors (Lipinski definition) is 3. The highest BCUT2D eigenvalue weighted by Gasteiger charge is 2.10. The molecule has 1 aromatic carbocycles. The maximum atomic E-state index is 11.7. The van der Waals surface area contributed by atoms with E-state index in [2.05, 4.69) is 12.2 Å². The van der Waals surface area contributed by atoms with Gasteiger partial charge in [0.25, 0.3) is 5.91 Å². The summed E-state index contributed by atoms with van der Waals surface area (Å²) in [7, 11) is 0. The van der Waals surface area contributed by atoms with Crippen molar-refractivity contribution in [3.05, 3.63) is 29.3 Å². The van der Waals surface area contributed by atoms with E-state index in [9.17, 15) is 9.59 Å². The van der Waals surface area contributed by atoms with Crippen LogP contribution < -0.4 is 10.1 Å². The molecule has 0 radical (unpaired) electrons. The molecule has 1 amide bonds. The van der Waals surface area contributed by atoms with Crippen LogP contribution in [-0.2, 0) is 4.79 Å². The first-order valence-corrected chi connectivity index (χ1v) is 6.55. The molecule has 1 N–H and O–H groups in total. The first kappa shape index (κ1) is 15.2. The van der Waals surface area contributed by atoms with Crippen molar-refractivity contribution in [1.29, 1.82) is 0 Å². The van der Waals surface area contributed by atoms with Crippen LogP contribution >= 0.6 is 0 Å². The number of ether oxygens (including phenoxy) is 1. The van der Waals surface area contributed by atoms with Gasteiger partial charge in [0, 0.05) is 6.04 Å². The van der Waals surface area contributed by atoms with Gasteiger partial charge in [-0.1, -0.05) is 25.5 Å². The molecule has 1 rings (SSSR count). The third-order valence-electron chi connectivity index (χ3n) is 2.85. The Kier molecular flexibility index (Phi) is 6.06. The third kappa shape index (κ3) is 4.73. The van der Waals surface area contributed by atoms with Crippen molar-refractivity contribution < 1.29 is 14.3 Å². The van der Waals surface area contributed by atoms with Crippen LogP contribution in [0.5, 0.6) is 5.75 Å². The molecular formula is C15H21NO3. The summed E-state index contributed by atoms with van der Waals surface area (Å²) in [6.45, 7) is 5.81. The van der Waals surface area contributed by atoms with Gasteiger partial charge in [-0.2, -0.15) is 0 Å². The van der Waals surface area contributed by atoms with Crippen molar-refractivity contribution >= 4 is 12.2 Å². The molecule has 0 aromatic heterocycles. The molecule has 1 atom stereocenters. The number of aldehydes is 1. The van der Waals surface area contributed by atoms with Crippen LogP contribution in [0.4, 0.5) is 0 Å². The number of rotatable bonds is 7. The molecule has 0 aliphatic carbocycles. The third-order valence-corrected chi connectivity index (χ3v) is 2.85. The van der Waals surface area contributed by atoms with Crippen molar-refractivity contribution in [2.24, 2.45) is 0 Å². The quantitative estimate of drug-likeness (QED) is 0.769. The number of carbonyl (C=O) groups excluding carboxylic acids is 2. The number of nitrogens with one attached hydrogen (secondary N) is 1. The largest absolute Gasteiger partial charge is 0.483 e. The van der Waals surface area contributed by atoms with E-state index >= 15 is 0 Å². The molecule has 104 valence electrons. The first-order valence-electron chi connectivity index (χ1n) is 6.55. The molecule has 1 unspecified atom stereocenters. The van der Waals surface area contributed by atoms with Crippen LogP contribution in [-0.4, -0.2) is 24.8 Å². The summed E-state index contributed by atoms with van der Waals surface area (Å²) in [5, 5.41) is 2.86. The predicted molar refractivity (Wildman–Crippen MR) is 74.6 cm³/mol. The monoisotopic (exact) mass is 263 g/mol. The lowest BCUT2D eigenvalue weighted by Crippen LogP contribution is -2.36. The fraction of sp³-hybridized carbons (Fsp3) is 0.467. The van der Waals surface area contributed by atoms with Crippen LogP contribution in [0.1, 0.15) is 42.6 Å². The van der Waals surface area contributed by atoms with E-state index in [1.807, 2.05) is 19.9 Å². The highest BCUT2D eigenvalue weighted by molar-refractivity contribution is 5.81. The Labute approximate surface area is 114 Å². The van der Waals surface area contributed by atoms with E-state index < -0.39 is 0 Å². The van der Waals surface area contributed by atoms with Gasteiger partial charge in [-0.15, -0.1) is 0 Å². The lowest BCUT2D eigenvalue weighted by Gasteiger charge is -2.14. The second-order valence-corrected chi connectivity index (χ2v) is 4.66. The smallest absolute Gasteiger partial charge is 0.258 e. The zero-order valence-corrected chi connectivity index (χ0v) is 11.7. The van der Waals surface area contributed by atoms with Gasteiger partial charge in [-0.05, 0) is 31.9 Å². The molecule has 4 nitrogen and oxygen atoms in total. The van der Waals surface area contributed by atoms with Crippen molar-refractivity contribution in [2.75, 3.05) is 6.61 Å². The lowest BCUT2D eigenvalue weighted by molar-refractivity contribution is -0.123. The van der Waals surface area contributed by atoms with E-state index in [-0.39, 0.29) is 18.6 Å². The number of para-hydroxylation sites is 1. The summed E-state index contributed by atoms with van der Waals surface area (Å²) in [5.74, 6) is 0.317. The molecule has 0 fully saturated rings. The second kappa shape index (κ2) is 7.56. The van der Waals surface area contributed by atoms with E-state index in [4.69, 9.17) is 4.74 Å². The highest BCUT2D eigenvalue weighted by atomic mass is 16.5. The Bertz CT molecular complexity index is 443. The number of carbonyl (C=O) groups is 2. The predicted octanol–water partition coefficient (Wildman–Crippen LogP) is 2.49. The van der Waals surface area contributed by atoms with Gasteiger partial charge in [0.05, 0.1) is 5.56 Å². The van der Waals surface area contributed by atoms with Gasteiger partial charge in [0.15, 0.2) is 12.9 Å². The molecule has 0 saturated carbocycles. The summed E-state index contributed by atoms with van der Waals surface area (Å²) in [6, 6.07) is 5.45. The number of amides is 1. The minimum atomic E-state index is -0.166. The summed E-state index contributed by atoms with van der Waals surface area (Å²) < 4.78 is 5.46. The molecular weight excluding hydrogens is 242 g/mol. The molecule has 19 heavy (non-hydrogen) atoms. The number of hydrogen-bond donors (Lipinski definition) is 1. The van der Waals surface area contributed by atoms with Crippen LogP contribution in [0, 0.1) is 6.92 Å². The van der Waals surface area contributed by atoms with Crippen LogP contribution in [0.3, 0.4) is 0 Å². The average molecular weight is 263 g/mol. The van der Waals surface area contributed by atoms with Crippen LogP contribution in [0.2, 0.25) is 0 Å². The summed E-state index contributed by atoms with van der Waals surface area (Å²) >= 11 is 0. The van der Waals surface area contributed by atoms with Gasteiger partial charge in [0.1, 0.15) is 5.75 Å². The zero-order valence-electron chi connectivity index (χ0n) is 11.7. The van der Waals surface area contributed by atoms with Gasteiger partial charge in [0.2, 0.25) is 0 Å². The summed E-state index contributed by atoms with van der Waals surface area (Å²) in [5.41, 5.74) is 1.31. The Hall–Kier alpha value is -1.84. The topological polar surface area (TPSA) is 55.4 Å². The second-order valence-electron chi connectivity index (χ2n) is 4.66. The fourth-order valence-corrected chi connectivity index (χ4v) is 1.92. The molecule has 0 saturated heterocycles. The molecule has 4 heteroatoms. The van der Waals surface area contributed by atoms with E-state index in [1.165, 1.54) is 0 Å². The van der Waals surface area contributed by atoms with Crippen molar-refractivity contribution in [3.8, 4) is 5.75 Å². The lowest BCUT2D eigenvalue weighted by atomic mass is 10.1. The van der Waals surface area contributed by atoms with Gasteiger partial charge in [-0.25, -0.2) is 0 Å². The Balaban J connectivity index is 2.57. The van der Waals surface area contributed by atoms with Crippen LogP contribution in [0.15, 0.2) is 18.2 Å². The molecule has 0 aliphatic rings. The Morgan fingerprint density at radius 1 is 1.47 bits per heavy atom. The standard InChI is InChI=1S/C15H21NO3/c1-4-6-12(3)16-14(18)10-19-15-11(2)7-5-8-13(15)9-17/h5,7-9,12H,4,6,10H2,1-3H3,(H,16,18). The summed E-state index contributed by atoms with van der Waals surface area (Å²) in [6.07, 6.45) is 2.70. The fourth-order valence-electron chi connectivity index (χ4n) is 1.92. The van der Waals surface area contributed by atoms with Crippen molar-refractivity contribution in [3.63, 3.8) is 0 Å². The summed E-state index contributed by atoms with van der Waals surface area (Å²) in [4.78, 5) is 22.6. The zero-order chi connectivity index (χ0) is 14.3. The molecule has 0 spiro atoms. The highest BCUT2D eigenvalue weighted by Crippen LogP contribution is 2.21. The van der Waals surface area contributed by atoms with E-state index in [0.717, 1.165) is 24.7 Å². The number of benzene rings is 1. The molecule has 0 heterocycles. The van der Waals surface area contributed by atoms with Gasteiger partial charge >= 0.3 is 0 Å². The minimum Gasteiger partial charge on any atom is -0.483 e. The molecule has 0 aliphatic heterocycles. The minimum absolute atomic E-state index is 0.0697. The number of aryl methyl sites for hydroxylation is 1. The average Bonchev–Trinajstić information content (AvgIpc) is 2.37. The van der Waals surface area contributed by atoms with Gasteiger partial charge in [-0.3, -0.25) is 9.59 Å².